The minimum atomic E-state index is -2.90. The van der Waals surface area contributed by atoms with E-state index in [-0.39, 0.29) is 50.6 Å². The maximum atomic E-state index is 12.2. The Bertz CT molecular complexity index is 1670. The Morgan fingerprint density at radius 3 is 2.28 bits per heavy atom. The highest BCUT2D eigenvalue weighted by Crippen LogP contribution is 2.76. The summed E-state index contributed by atoms with van der Waals surface area (Å²) in [5.74, 6) is 2.44. The number of esters is 1. The van der Waals surface area contributed by atoms with Crippen molar-refractivity contribution in [2.45, 2.75) is 110 Å². The number of benzene rings is 1. The average molecular weight is 753 g/mol. The summed E-state index contributed by atoms with van der Waals surface area (Å²) in [4.78, 5) is 14.5. The Hall–Kier alpha value is -1.78. The molecule has 9 heteroatoms. The van der Waals surface area contributed by atoms with Gasteiger partial charge in [-0.25, -0.2) is 13.2 Å². The summed E-state index contributed by atoms with van der Waals surface area (Å²) < 4.78 is 34.8. The van der Waals surface area contributed by atoms with Crippen LogP contribution < -0.4 is 5.32 Å². The van der Waals surface area contributed by atoms with E-state index >= 15 is 0 Å². The van der Waals surface area contributed by atoms with Crippen LogP contribution in [0.3, 0.4) is 0 Å². The number of nitrogens with zero attached hydrogens (tertiary/aromatic N) is 1. The molecule has 6 aliphatic rings. The van der Waals surface area contributed by atoms with E-state index in [2.05, 4.69) is 63.0 Å². The van der Waals surface area contributed by atoms with Gasteiger partial charge in [0.2, 0.25) is 0 Å². The first kappa shape index (κ1) is 39.5. The van der Waals surface area contributed by atoms with E-state index in [1.807, 2.05) is 19.1 Å². The molecule has 1 aromatic carbocycles. The summed E-state index contributed by atoms with van der Waals surface area (Å²) in [6.07, 6.45) is 12.9. The third-order valence-corrected chi connectivity index (χ3v) is 18.8. The average Bonchev–Trinajstić information content (AvgIpc) is 3.49. The SMILES string of the molecule is COCC(C)(O)[C@@H]1CC[C@]2(NCCN3CCS(=O)(=O)CC3)CC[C@]3(C)[C@H](CC[C@@H]4[C@@]5(C)CC=C(c6ccc(C(=O)OC)cc6)C(C)(C)[C@@H]5CC[C@]43C)[C@@H]12. The Morgan fingerprint density at radius 1 is 0.925 bits per heavy atom. The van der Waals surface area contributed by atoms with Crippen molar-refractivity contribution in [3.63, 3.8) is 0 Å². The van der Waals surface area contributed by atoms with Gasteiger partial charge in [0.15, 0.2) is 9.84 Å². The van der Waals surface area contributed by atoms with Gasteiger partial charge in [-0.3, -0.25) is 0 Å². The van der Waals surface area contributed by atoms with Gasteiger partial charge in [-0.05, 0) is 139 Å². The number of carbonyl (C=O) groups excluding carboxylic acids is 1. The third kappa shape index (κ3) is 6.29. The van der Waals surface area contributed by atoms with Gasteiger partial charge in [0.25, 0.3) is 0 Å². The summed E-state index contributed by atoms with van der Waals surface area (Å²) in [7, 11) is 0.249. The minimum Gasteiger partial charge on any atom is -0.465 e. The van der Waals surface area contributed by atoms with Crippen molar-refractivity contribution in [2.75, 3.05) is 58.5 Å². The number of fused-ring (bicyclic) bond motifs is 7. The molecule has 8 nitrogen and oxygen atoms in total. The lowest BCUT2D eigenvalue weighted by atomic mass is 9.32. The van der Waals surface area contributed by atoms with Crippen LogP contribution in [0.2, 0.25) is 0 Å². The number of ether oxygens (including phenoxy) is 2. The molecule has 0 aromatic heterocycles. The number of sulfone groups is 1. The molecule has 5 fully saturated rings. The molecule has 0 spiro atoms. The molecule has 1 saturated heterocycles. The predicted molar refractivity (Wildman–Crippen MR) is 211 cm³/mol. The second-order valence-electron chi connectivity index (χ2n) is 19.8. The van der Waals surface area contributed by atoms with E-state index in [1.54, 1.807) is 7.11 Å². The Labute approximate surface area is 320 Å². The zero-order chi connectivity index (χ0) is 38.2. The van der Waals surface area contributed by atoms with Crippen molar-refractivity contribution in [2.24, 2.45) is 51.2 Å². The standard InChI is InChI=1S/C44H68N2O6S/c1-39(2)32(30-9-11-31(12-10-30)38(47)52-8)15-18-40(3)35(39)17-19-42(5)36(40)14-13-33-37-34(43(6,48)29-51-7)16-20-44(37,22-21-41(33,42)4)45-23-24-46-25-27-53(49,50)28-26-46/h9-12,15,33-37,45,48H,13-14,16-29H2,1-8H3/t33-,34-,35+,36-,37+,40+,41-,42-,43?,44+/m1/s1. The van der Waals surface area contributed by atoms with E-state index in [1.165, 1.54) is 50.4 Å². The molecular weight excluding hydrogens is 685 g/mol. The van der Waals surface area contributed by atoms with Gasteiger partial charge in [-0.2, -0.15) is 0 Å². The number of aliphatic hydroxyl groups is 1. The highest BCUT2D eigenvalue weighted by molar-refractivity contribution is 7.91. The fourth-order valence-electron chi connectivity index (χ4n) is 14.4. The summed E-state index contributed by atoms with van der Waals surface area (Å²) in [5.41, 5.74) is 2.83. The molecule has 0 radical (unpaired) electrons. The molecule has 0 amide bonds. The molecule has 53 heavy (non-hydrogen) atoms. The van der Waals surface area contributed by atoms with Gasteiger partial charge < -0.3 is 24.8 Å². The van der Waals surface area contributed by atoms with E-state index in [0.717, 1.165) is 38.8 Å². The van der Waals surface area contributed by atoms with Gasteiger partial charge in [-0.1, -0.05) is 52.8 Å². The quantitative estimate of drug-likeness (QED) is 0.260. The fraction of sp³-hybridized carbons (Fsp3) is 0.795. The number of allylic oxidation sites excluding steroid dienone is 2. The maximum absolute atomic E-state index is 12.2. The molecule has 7 rings (SSSR count). The predicted octanol–water partition coefficient (Wildman–Crippen LogP) is 7.02. The van der Waals surface area contributed by atoms with Gasteiger partial charge in [0, 0.05) is 38.8 Å². The van der Waals surface area contributed by atoms with Crippen LogP contribution in [0, 0.1) is 51.2 Å². The maximum Gasteiger partial charge on any atom is 0.337 e. The van der Waals surface area contributed by atoms with Crippen LogP contribution in [0.25, 0.3) is 5.57 Å². The monoisotopic (exact) mass is 752 g/mol. The molecule has 2 N–H and O–H groups in total. The van der Waals surface area contributed by atoms with Crippen molar-refractivity contribution in [3.8, 4) is 0 Å². The number of methoxy groups -OCH3 is 2. The number of hydrogen-bond acceptors (Lipinski definition) is 8. The van der Waals surface area contributed by atoms with E-state index in [4.69, 9.17) is 9.47 Å². The molecule has 4 saturated carbocycles. The first-order chi connectivity index (χ1) is 24.9. The van der Waals surface area contributed by atoms with Gasteiger partial charge in [-0.15, -0.1) is 0 Å². The largest absolute Gasteiger partial charge is 0.465 e. The summed E-state index contributed by atoms with van der Waals surface area (Å²) in [5, 5.41) is 16.3. The highest BCUT2D eigenvalue weighted by Gasteiger charge is 2.71. The normalized spacial score (nSPS) is 41.5. The zero-order valence-corrected chi connectivity index (χ0v) is 34.7. The van der Waals surface area contributed by atoms with Crippen LogP contribution in [-0.2, 0) is 19.3 Å². The first-order valence-electron chi connectivity index (χ1n) is 20.7. The summed E-state index contributed by atoms with van der Waals surface area (Å²) in [6, 6.07) is 8.03. The lowest BCUT2D eigenvalue weighted by Gasteiger charge is -2.72. The number of nitrogens with one attached hydrogen (secondary N) is 1. The van der Waals surface area contributed by atoms with Crippen LogP contribution in [0.1, 0.15) is 115 Å². The minimum absolute atomic E-state index is 0.00154. The van der Waals surface area contributed by atoms with Crippen molar-refractivity contribution in [1.82, 2.24) is 10.2 Å². The van der Waals surface area contributed by atoms with Crippen LogP contribution in [0.4, 0.5) is 0 Å². The van der Waals surface area contributed by atoms with E-state index < -0.39 is 15.4 Å². The summed E-state index contributed by atoms with van der Waals surface area (Å²) >= 11 is 0. The molecule has 10 atom stereocenters. The highest BCUT2D eigenvalue weighted by atomic mass is 32.2. The number of hydrogen-bond donors (Lipinski definition) is 2. The fourth-order valence-corrected chi connectivity index (χ4v) is 15.7. The number of carbonyl (C=O) groups is 1. The van der Waals surface area contributed by atoms with E-state index in [0.29, 0.717) is 48.9 Å². The smallest absolute Gasteiger partial charge is 0.337 e. The topological polar surface area (TPSA) is 105 Å². The van der Waals surface area contributed by atoms with E-state index in [9.17, 15) is 18.3 Å². The molecule has 1 aromatic rings. The van der Waals surface area contributed by atoms with Crippen molar-refractivity contribution in [3.05, 3.63) is 41.5 Å². The molecule has 0 bridgehead atoms. The number of rotatable bonds is 9. The second-order valence-corrected chi connectivity index (χ2v) is 22.1. The van der Waals surface area contributed by atoms with Gasteiger partial charge >= 0.3 is 5.97 Å². The van der Waals surface area contributed by atoms with Gasteiger partial charge in [0.05, 0.1) is 36.4 Å². The molecular formula is C44H68N2O6S. The zero-order valence-electron chi connectivity index (χ0n) is 33.9. The van der Waals surface area contributed by atoms with Crippen LogP contribution in [0.5, 0.6) is 0 Å². The lowest BCUT2D eigenvalue weighted by molar-refractivity contribution is -0.227. The Balaban J connectivity index is 1.17. The summed E-state index contributed by atoms with van der Waals surface area (Å²) in [6.45, 7) is 18.2. The first-order valence-corrected chi connectivity index (χ1v) is 22.5. The van der Waals surface area contributed by atoms with Crippen molar-refractivity contribution in [1.29, 1.82) is 0 Å². The Morgan fingerprint density at radius 2 is 1.62 bits per heavy atom. The second kappa shape index (κ2) is 13.7. The molecule has 296 valence electrons. The molecule has 1 unspecified atom stereocenters. The Kier molecular flexibility index (Phi) is 10.2. The molecule has 1 aliphatic heterocycles. The van der Waals surface area contributed by atoms with Crippen LogP contribution >= 0.6 is 0 Å². The van der Waals surface area contributed by atoms with Crippen molar-refractivity contribution >= 4 is 21.4 Å². The lowest BCUT2D eigenvalue weighted by Crippen LogP contribution is -2.69. The third-order valence-electron chi connectivity index (χ3n) is 17.2. The van der Waals surface area contributed by atoms with Crippen LogP contribution in [-0.4, -0.2) is 94.0 Å². The molecule has 1 heterocycles. The van der Waals surface area contributed by atoms with Crippen LogP contribution in [0.15, 0.2) is 30.3 Å². The molecule has 5 aliphatic carbocycles. The van der Waals surface area contributed by atoms with Gasteiger partial charge in [0.1, 0.15) is 0 Å². The van der Waals surface area contributed by atoms with Crippen molar-refractivity contribution < 1.29 is 27.8 Å².